The second-order valence-electron chi connectivity index (χ2n) is 3.82. The van der Waals surface area contributed by atoms with Crippen LogP contribution in [0.3, 0.4) is 0 Å². The van der Waals surface area contributed by atoms with Crippen molar-refractivity contribution in [2.24, 2.45) is 0 Å². The number of rotatable bonds is 7. The van der Waals surface area contributed by atoms with E-state index < -0.39 is 35.2 Å². The Bertz CT molecular complexity index is 399. The molecule has 9 heteroatoms. The molecule has 0 spiro atoms. The number of hydrogen-bond donors (Lipinski definition) is 1. The minimum absolute atomic E-state index is 0.118. The van der Waals surface area contributed by atoms with Crippen molar-refractivity contribution in [3.63, 3.8) is 0 Å². The van der Waals surface area contributed by atoms with Crippen molar-refractivity contribution in [1.29, 1.82) is 0 Å². The van der Waals surface area contributed by atoms with E-state index in [-0.39, 0.29) is 6.04 Å². The summed E-state index contributed by atoms with van der Waals surface area (Å²) in [6.45, 7) is -1.07. The van der Waals surface area contributed by atoms with Gasteiger partial charge >= 0.3 is 11.9 Å². The first-order valence-corrected chi connectivity index (χ1v) is 6.74. The van der Waals surface area contributed by atoms with Gasteiger partial charge in [-0.15, -0.1) is 0 Å². The van der Waals surface area contributed by atoms with Gasteiger partial charge in [-0.1, -0.05) is 0 Å². The van der Waals surface area contributed by atoms with Crippen molar-refractivity contribution >= 4 is 22.1 Å². The Morgan fingerprint density at radius 2 is 1.61 bits per heavy atom. The van der Waals surface area contributed by atoms with Gasteiger partial charge in [0.25, 0.3) is 10.2 Å². The van der Waals surface area contributed by atoms with Crippen molar-refractivity contribution < 1.29 is 27.5 Å². The minimum atomic E-state index is -3.89. The predicted molar refractivity (Wildman–Crippen MR) is 60.7 cm³/mol. The molecule has 0 aromatic carbocycles. The van der Waals surface area contributed by atoms with Crippen LogP contribution in [-0.4, -0.2) is 58.0 Å². The van der Waals surface area contributed by atoms with Crippen molar-refractivity contribution in [2.75, 3.05) is 27.3 Å². The van der Waals surface area contributed by atoms with Crippen molar-refractivity contribution in [3.05, 3.63) is 0 Å². The zero-order chi connectivity index (χ0) is 13.8. The van der Waals surface area contributed by atoms with Crippen LogP contribution in [-0.2, 0) is 29.3 Å². The molecule has 0 saturated heterocycles. The molecule has 0 amide bonds. The average molecular weight is 280 g/mol. The van der Waals surface area contributed by atoms with E-state index in [1.165, 1.54) is 0 Å². The van der Waals surface area contributed by atoms with E-state index in [2.05, 4.69) is 14.2 Å². The third kappa shape index (κ3) is 4.59. The molecule has 1 aliphatic rings. The Morgan fingerprint density at radius 3 is 1.94 bits per heavy atom. The van der Waals surface area contributed by atoms with Crippen LogP contribution in [0.5, 0.6) is 0 Å². The maximum atomic E-state index is 11.9. The fourth-order valence-corrected chi connectivity index (χ4v) is 2.49. The molecule has 104 valence electrons. The SMILES string of the molecule is COC(=O)CN(CC(=O)OC)S(=O)(=O)NC1CC1. The van der Waals surface area contributed by atoms with Gasteiger partial charge in [-0.05, 0) is 12.8 Å². The molecule has 0 unspecified atom stereocenters. The molecule has 0 radical (unpaired) electrons. The standard InChI is InChI=1S/C9H16N2O6S/c1-16-8(12)5-11(6-9(13)17-2)18(14,15)10-7-3-4-7/h7,10H,3-6H2,1-2H3. The normalized spacial score (nSPS) is 15.5. The van der Waals surface area contributed by atoms with Gasteiger partial charge in [-0.3, -0.25) is 9.59 Å². The molecule has 0 aromatic rings. The lowest BCUT2D eigenvalue weighted by Crippen LogP contribution is -2.46. The summed E-state index contributed by atoms with van der Waals surface area (Å²) in [6, 6.07) is -0.118. The number of esters is 2. The second kappa shape index (κ2) is 6.12. The van der Waals surface area contributed by atoms with Crippen LogP contribution >= 0.6 is 0 Å². The van der Waals surface area contributed by atoms with Crippen LogP contribution in [0.1, 0.15) is 12.8 Å². The third-order valence-electron chi connectivity index (χ3n) is 2.30. The fraction of sp³-hybridized carbons (Fsp3) is 0.778. The molecule has 0 atom stereocenters. The monoisotopic (exact) mass is 280 g/mol. The van der Waals surface area contributed by atoms with Gasteiger partial charge in [0.1, 0.15) is 13.1 Å². The lowest BCUT2D eigenvalue weighted by atomic mass is 10.6. The Hall–Kier alpha value is -1.19. The van der Waals surface area contributed by atoms with Gasteiger partial charge in [0.05, 0.1) is 14.2 Å². The highest BCUT2D eigenvalue weighted by atomic mass is 32.2. The van der Waals surface area contributed by atoms with Gasteiger partial charge in [0.2, 0.25) is 0 Å². The Balaban J connectivity index is 2.73. The zero-order valence-corrected chi connectivity index (χ0v) is 11.0. The number of carbonyl (C=O) groups excluding carboxylic acids is 2. The number of nitrogens with zero attached hydrogens (tertiary/aromatic N) is 1. The summed E-state index contributed by atoms with van der Waals surface area (Å²) in [7, 11) is -1.61. The van der Waals surface area contributed by atoms with E-state index in [4.69, 9.17) is 0 Å². The number of ether oxygens (including phenoxy) is 2. The third-order valence-corrected chi connectivity index (χ3v) is 3.87. The van der Waals surface area contributed by atoms with E-state index in [1.807, 2.05) is 0 Å². The van der Waals surface area contributed by atoms with Crippen LogP contribution in [0.25, 0.3) is 0 Å². The van der Waals surface area contributed by atoms with E-state index in [1.54, 1.807) is 0 Å². The van der Waals surface area contributed by atoms with Crippen LogP contribution < -0.4 is 4.72 Å². The number of nitrogens with one attached hydrogen (secondary N) is 1. The number of carbonyl (C=O) groups is 2. The van der Waals surface area contributed by atoms with E-state index in [0.29, 0.717) is 4.31 Å². The van der Waals surface area contributed by atoms with Gasteiger partial charge < -0.3 is 9.47 Å². The van der Waals surface area contributed by atoms with E-state index in [0.717, 1.165) is 27.1 Å². The fourth-order valence-electron chi connectivity index (χ4n) is 1.13. The molecular formula is C9H16N2O6S. The first-order chi connectivity index (χ1) is 8.39. The summed E-state index contributed by atoms with van der Waals surface area (Å²) in [5.41, 5.74) is 0. The van der Waals surface area contributed by atoms with Crippen molar-refractivity contribution in [2.45, 2.75) is 18.9 Å². The van der Waals surface area contributed by atoms with Crippen LogP contribution in [0.4, 0.5) is 0 Å². The molecule has 0 heterocycles. The molecule has 1 N–H and O–H groups in total. The van der Waals surface area contributed by atoms with Crippen LogP contribution in [0.2, 0.25) is 0 Å². The minimum Gasteiger partial charge on any atom is -0.468 e. The summed E-state index contributed by atoms with van der Waals surface area (Å²) >= 11 is 0. The summed E-state index contributed by atoms with van der Waals surface area (Å²) in [5, 5.41) is 0. The topological polar surface area (TPSA) is 102 Å². The van der Waals surface area contributed by atoms with Crippen molar-refractivity contribution in [3.8, 4) is 0 Å². The van der Waals surface area contributed by atoms with Crippen molar-refractivity contribution in [1.82, 2.24) is 9.03 Å². The van der Waals surface area contributed by atoms with E-state index in [9.17, 15) is 18.0 Å². The summed E-state index contributed by atoms with van der Waals surface area (Å²) in [6.07, 6.45) is 1.51. The highest BCUT2D eigenvalue weighted by Crippen LogP contribution is 2.20. The van der Waals surface area contributed by atoms with E-state index >= 15 is 0 Å². The average Bonchev–Trinajstić information content (AvgIpc) is 3.10. The Labute approximate surface area is 105 Å². The second-order valence-corrected chi connectivity index (χ2v) is 5.52. The number of methoxy groups -OCH3 is 2. The highest BCUT2D eigenvalue weighted by molar-refractivity contribution is 7.87. The maximum Gasteiger partial charge on any atom is 0.321 e. The molecule has 1 rings (SSSR count). The summed E-state index contributed by atoms with van der Waals surface area (Å²) in [5.74, 6) is -1.50. The van der Waals surface area contributed by atoms with Crippen LogP contribution in [0.15, 0.2) is 0 Å². The molecule has 8 nitrogen and oxygen atoms in total. The molecule has 1 fully saturated rings. The lowest BCUT2D eigenvalue weighted by molar-refractivity contribution is -0.143. The number of hydrogen-bond acceptors (Lipinski definition) is 6. The Kier molecular flexibility index (Phi) is 5.05. The van der Waals surface area contributed by atoms with Gasteiger partial charge in [0.15, 0.2) is 0 Å². The zero-order valence-electron chi connectivity index (χ0n) is 10.2. The van der Waals surface area contributed by atoms with Gasteiger partial charge in [-0.25, -0.2) is 0 Å². The quantitative estimate of drug-likeness (QED) is 0.577. The molecule has 18 heavy (non-hydrogen) atoms. The molecule has 1 aliphatic carbocycles. The smallest absolute Gasteiger partial charge is 0.321 e. The summed E-state index contributed by atoms with van der Waals surface area (Å²) in [4.78, 5) is 22.3. The predicted octanol–water partition coefficient (Wildman–Crippen LogP) is -1.37. The lowest BCUT2D eigenvalue weighted by Gasteiger charge is -2.19. The largest absolute Gasteiger partial charge is 0.468 e. The molecular weight excluding hydrogens is 264 g/mol. The van der Waals surface area contributed by atoms with Gasteiger partial charge in [-0.2, -0.15) is 17.4 Å². The maximum absolute atomic E-state index is 11.9. The molecule has 0 aliphatic heterocycles. The molecule has 1 saturated carbocycles. The first-order valence-electron chi connectivity index (χ1n) is 5.30. The highest BCUT2D eigenvalue weighted by Gasteiger charge is 2.33. The van der Waals surface area contributed by atoms with Gasteiger partial charge in [0, 0.05) is 6.04 Å². The first kappa shape index (κ1) is 14.9. The Morgan fingerprint density at radius 1 is 1.17 bits per heavy atom. The molecule has 0 bridgehead atoms. The summed E-state index contributed by atoms with van der Waals surface area (Å²) < 4.78 is 35.6. The van der Waals surface area contributed by atoms with Crippen LogP contribution in [0, 0.1) is 0 Å². The molecule has 0 aromatic heterocycles.